The Labute approximate surface area is 177 Å². The monoisotopic (exact) mass is 431 g/mol. The first-order valence-corrected chi connectivity index (χ1v) is 9.99. The summed E-state index contributed by atoms with van der Waals surface area (Å²) in [5.41, 5.74) is 0.259. The second-order valence-electron chi connectivity index (χ2n) is 7.81. The van der Waals surface area contributed by atoms with Gasteiger partial charge in [0.15, 0.2) is 6.10 Å². The number of aliphatic hydroxyl groups excluding tert-OH is 1. The summed E-state index contributed by atoms with van der Waals surface area (Å²) in [6, 6.07) is 8.80. The topological polar surface area (TPSA) is 87.0 Å². The van der Waals surface area contributed by atoms with E-state index in [1.165, 1.54) is 7.11 Å². The molecule has 30 heavy (non-hydrogen) atoms. The number of fused-ring (bicyclic) bond motifs is 4. The van der Waals surface area contributed by atoms with Crippen molar-refractivity contribution in [3.63, 3.8) is 0 Å². The molecule has 0 unspecified atom stereocenters. The molecule has 7 nitrogen and oxygen atoms in total. The van der Waals surface area contributed by atoms with Crippen LogP contribution in [0.1, 0.15) is 25.5 Å². The maximum absolute atomic E-state index is 13.3. The Morgan fingerprint density at radius 2 is 2.03 bits per heavy atom. The highest BCUT2D eigenvalue weighted by atomic mass is 35.5. The lowest BCUT2D eigenvalue weighted by molar-refractivity contribution is -0.174. The Morgan fingerprint density at radius 3 is 2.70 bits per heavy atom. The van der Waals surface area contributed by atoms with Crippen molar-refractivity contribution in [3.05, 3.63) is 46.1 Å². The molecule has 0 saturated heterocycles. The molecule has 0 bridgehead atoms. The molecular weight excluding hydrogens is 410 g/mol. The second kappa shape index (κ2) is 7.18. The maximum Gasteiger partial charge on any atom is 0.321 e. The summed E-state index contributed by atoms with van der Waals surface area (Å²) in [4.78, 5) is 25.2. The molecule has 3 aromatic rings. The third-order valence-corrected chi connectivity index (χ3v) is 5.78. The summed E-state index contributed by atoms with van der Waals surface area (Å²) in [6.45, 7) is 3.42. The fourth-order valence-electron chi connectivity index (χ4n) is 4.20. The number of pyridine rings is 1. The lowest BCUT2D eigenvalue weighted by Gasteiger charge is -2.42. The highest BCUT2D eigenvalue weighted by molar-refractivity contribution is 6.26. The van der Waals surface area contributed by atoms with E-state index in [0.29, 0.717) is 38.9 Å². The summed E-state index contributed by atoms with van der Waals surface area (Å²) in [5.74, 6) is -0.314. The van der Waals surface area contributed by atoms with E-state index in [1.54, 1.807) is 39.1 Å². The number of hydrogen-bond acceptors (Lipinski definition) is 6. The van der Waals surface area contributed by atoms with Crippen molar-refractivity contribution in [1.29, 1.82) is 0 Å². The average Bonchev–Trinajstić information content (AvgIpc) is 2.73. The van der Waals surface area contributed by atoms with Gasteiger partial charge in [0.1, 0.15) is 29.1 Å². The molecule has 1 aliphatic heterocycles. The lowest BCUT2D eigenvalue weighted by atomic mass is 9.86. The number of halogens is 1. The standard InChI is InChI=1S/C22H22ClNO6/c1-22(2)21(29-15(25)10-23)20(27)17-14(30-22)9-13(28-4)16-18(17)24(3)12-8-6-5-7-11(12)19(16)26/h5-9,20-21,27H,10H2,1-4H3/t20-,21+/m0/s1. The van der Waals surface area contributed by atoms with Crippen molar-refractivity contribution in [2.24, 2.45) is 7.05 Å². The van der Waals surface area contributed by atoms with Gasteiger partial charge in [-0.2, -0.15) is 0 Å². The Kier molecular flexibility index (Phi) is 4.91. The van der Waals surface area contributed by atoms with Gasteiger partial charge in [0.2, 0.25) is 5.43 Å². The molecule has 1 aliphatic rings. The van der Waals surface area contributed by atoms with Gasteiger partial charge in [0.25, 0.3) is 0 Å². The van der Waals surface area contributed by atoms with Crippen LogP contribution >= 0.6 is 11.6 Å². The van der Waals surface area contributed by atoms with Crippen LogP contribution in [0.25, 0.3) is 21.8 Å². The zero-order valence-corrected chi connectivity index (χ0v) is 17.8. The third kappa shape index (κ3) is 2.92. The van der Waals surface area contributed by atoms with E-state index in [9.17, 15) is 14.7 Å². The molecule has 0 aliphatic carbocycles. The molecule has 0 saturated carbocycles. The molecule has 2 aromatic carbocycles. The minimum Gasteiger partial charge on any atom is -0.496 e. The normalized spacial score (nSPS) is 19.9. The van der Waals surface area contributed by atoms with Crippen LogP contribution in [0.3, 0.4) is 0 Å². The summed E-state index contributed by atoms with van der Waals surface area (Å²) in [6.07, 6.45) is -2.26. The number of carbonyl (C=O) groups excluding carboxylic acids is 1. The minimum atomic E-state index is -1.24. The van der Waals surface area contributed by atoms with Gasteiger partial charge in [0, 0.05) is 18.5 Å². The molecule has 1 N–H and O–H groups in total. The molecule has 2 heterocycles. The Bertz CT molecular complexity index is 1230. The van der Waals surface area contributed by atoms with E-state index >= 15 is 0 Å². The largest absolute Gasteiger partial charge is 0.496 e. The molecule has 8 heteroatoms. The van der Waals surface area contributed by atoms with Gasteiger partial charge in [-0.3, -0.25) is 9.59 Å². The zero-order chi connectivity index (χ0) is 21.8. The number of rotatable bonds is 3. The highest BCUT2D eigenvalue weighted by Gasteiger charge is 2.47. The first-order valence-electron chi connectivity index (χ1n) is 9.46. The zero-order valence-electron chi connectivity index (χ0n) is 17.1. The molecule has 4 rings (SSSR count). The number of benzene rings is 2. The minimum absolute atomic E-state index is 0.218. The number of alkyl halides is 1. The molecule has 1 aromatic heterocycles. The van der Waals surface area contributed by atoms with Crippen molar-refractivity contribution in [1.82, 2.24) is 4.57 Å². The van der Waals surface area contributed by atoms with Crippen molar-refractivity contribution in [3.8, 4) is 11.5 Å². The van der Waals surface area contributed by atoms with Crippen LogP contribution in [-0.4, -0.2) is 40.3 Å². The third-order valence-electron chi connectivity index (χ3n) is 5.57. The summed E-state index contributed by atoms with van der Waals surface area (Å²) in [7, 11) is 3.28. The summed E-state index contributed by atoms with van der Waals surface area (Å²) >= 11 is 5.60. The SMILES string of the molecule is COc1cc2c(c3c1c(=O)c1ccccc1n3C)[C@H](O)[C@@H](OC(=O)CCl)C(C)(C)O2. The van der Waals surface area contributed by atoms with Crippen molar-refractivity contribution in [2.45, 2.75) is 31.7 Å². The van der Waals surface area contributed by atoms with Gasteiger partial charge >= 0.3 is 5.97 Å². The number of methoxy groups -OCH3 is 1. The van der Waals surface area contributed by atoms with Gasteiger partial charge in [-0.1, -0.05) is 12.1 Å². The fraction of sp³-hybridized carbons (Fsp3) is 0.364. The van der Waals surface area contributed by atoms with Crippen LogP contribution in [0.2, 0.25) is 0 Å². The predicted molar refractivity (Wildman–Crippen MR) is 114 cm³/mol. The van der Waals surface area contributed by atoms with Crippen LogP contribution in [0.4, 0.5) is 0 Å². The second-order valence-corrected chi connectivity index (χ2v) is 8.08. The smallest absolute Gasteiger partial charge is 0.321 e. The number of carbonyl (C=O) groups is 1. The van der Waals surface area contributed by atoms with Crippen LogP contribution in [0.15, 0.2) is 35.1 Å². The van der Waals surface area contributed by atoms with E-state index in [4.69, 9.17) is 25.8 Å². The average molecular weight is 432 g/mol. The number of aliphatic hydroxyl groups is 1. The van der Waals surface area contributed by atoms with Crippen molar-refractivity contribution in [2.75, 3.05) is 13.0 Å². The highest BCUT2D eigenvalue weighted by Crippen LogP contribution is 2.47. The fourth-order valence-corrected chi connectivity index (χ4v) is 4.26. The van der Waals surface area contributed by atoms with Gasteiger partial charge in [-0.05, 0) is 26.0 Å². The van der Waals surface area contributed by atoms with Crippen LogP contribution in [0, 0.1) is 0 Å². The lowest BCUT2D eigenvalue weighted by Crippen LogP contribution is -2.51. The number of ether oxygens (including phenoxy) is 3. The maximum atomic E-state index is 13.3. The molecular formula is C22H22ClNO6. The van der Waals surface area contributed by atoms with Gasteiger partial charge in [0.05, 0.1) is 29.1 Å². The van der Waals surface area contributed by atoms with Crippen LogP contribution in [0.5, 0.6) is 11.5 Å². The van der Waals surface area contributed by atoms with E-state index in [0.717, 1.165) is 0 Å². The van der Waals surface area contributed by atoms with Crippen LogP contribution in [-0.2, 0) is 16.6 Å². The van der Waals surface area contributed by atoms with Crippen molar-refractivity contribution >= 4 is 39.4 Å². The Balaban J connectivity index is 2.11. The molecule has 158 valence electrons. The van der Waals surface area contributed by atoms with Crippen molar-refractivity contribution < 1.29 is 24.1 Å². The number of aromatic nitrogens is 1. The van der Waals surface area contributed by atoms with E-state index in [2.05, 4.69) is 0 Å². The number of aryl methyl sites for hydroxylation is 1. The van der Waals surface area contributed by atoms with Gasteiger partial charge in [-0.25, -0.2) is 0 Å². The Hall–Kier alpha value is -2.77. The molecule has 0 spiro atoms. The summed E-state index contributed by atoms with van der Waals surface area (Å²) < 4.78 is 18.9. The van der Waals surface area contributed by atoms with Gasteiger partial charge < -0.3 is 23.9 Å². The van der Waals surface area contributed by atoms with Gasteiger partial charge in [-0.15, -0.1) is 11.6 Å². The quantitative estimate of drug-likeness (QED) is 0.389. The predicted octanol–water partition coefficient (Wildman–Crippen LogP) is 3.06. The Morgan fingerprint density at radius 1 is 1.33 bits per heavy atom. The van der Waals surface area contributed by atoms with E-state index in [-0.39, 0.29) is 11.3 Å². The molecule has 2 atom stereocenters. The number of nitrogens with zero attached hydrogens (tertiary/aromatic N) is 1. The number of para-hydroxylation sites is 1. The first-order chi connectivity index (χ1) is 14.2. The molecule has 0 radical (unpaired) electrons. The first kappa shape index (κ1) is 20.5. The summed E-state index contributed by atoms with van der Waals surface area (Å²) in [5, 5.41) is 12.1. The molecule has 0 amide bonds. The van der Waals surface area contributed by atoms with E-state index in [1.807, 2.05) is 16.7 Å². The number of hydrogen-bond donors (Lipinski definition) is 1. The molecule has 0 fully saturated rings. The number of esters is 1. The van der Waals surface area contributed by atoms with Crippen LogP contribution < -0.4 is 14.9 Å². The van der Waals surface area contributed by atoms with E-state index < -0.39 is 23.8 Å².